The normalized spacial score (nSPS) is 13.9. The fourth-order valence-corrected chi connectivity index (χ4v) is 3.76. The van der Waals surface area contributed by atoms with E-state index in [0.29, 0.717) is 17.9 Å². The third-order valence-electron chi connectivity index (χ3n) is 4.94. The number of hydrogen-bond donors (Lipinski definition) is 0. The molecule has 8 nitrogen and oxygen atoms in total. The second-order valence-corrected chi connectivity index (χ2v) is 8.25. The van der Waals surface area contributed by atoms with Crippen molar-refractivity contribution in [2.24, 2.45) is 4.99 Å². The highest BCUT2D eigenvalue weighted by Crippen LogP contribution is 2.38. The van der Waals surface area contributed by atoms with Crippen molar-refractivity contribution >= 4 is 46.8 Å². The molecule has 4 rings (SSSR count). The first kappa shape index (κ1) is 25.2. The number of cyclic esters (lactones) is 1. The largest absolute Gasteiger partial charge is 0.490 e. The Balaban J connectivity index is 1.63. The molecule has 0 bridgehead atoms. The van der Waals surface area contributed by atoms with Crippen molar-refractivity contribution in [3.05, 3.63) is 103 Å². The third kappa shape index (κ3) is 5.64. The van der Waals surface area contributed by atoms with Crippen molar-refractivity contribution in [2.45, 2.75) is 13.5 Å². The standard InChI is InChI=1S/C25H17Cl2FN2O6/c1-2-34-22-11-15(9-20(27)23(22)35-13-14-3-5-16(28)6-4-14)10-21-25(31)36-24(29-21)18-12-17(30(32)33)7-8-19(18)26/h3-12H,2,13H2,1H3/b21-10-. The van der Waals surface area contributed by atoms with E-state index in [0.717, 1.165) is 5.56 Å². The predicted octanol–water partition coefficient (Wildman–Crippen LogP) is 6.36. The number of nitrogens with zero attached hydrogens (tertiary/aromatic N) is 2. The van der Waals surface area contributed by atoms with Crippen molar-refractivity contribution < 1.29 is 28.3 Å². The van der Waals surface area contributed by atoms with Crippen LogP contribution in [0.2, 0.25) is 10.0 Å². The van der Waals surface area contributed by atoms with Crippen LogP contribution in [-0.4, -0.2) is 23.4 Å². The van der Waals surface area contributed by atoms with E-state index in [2.05, 4.69) is 4.99 Å². The molecule has 1 heterocycles. The van der Waals surface area contributed by atoms with Crippen molar-refractivity contribution in [1.29, 1.82) is 0 Å². The monoisotopic (exact) mass is 530 g/mol. The van der Waals surface area contributed by atoms with Crippen molar-refractivity contribution in [3.63, 3.8) is 0 Å². The van der Waals surface area contributed by atoms with Gasteiger partial charge in [-0.2, -0.15) is 0 Å². The zero-order valence-corrected chi connectivity index (χ0v) is 20.2. The van der Waals surface area contributed by atoms with Crippen LogP contribution in [0.15, 0.2) is 65.3 Å². The van der Waals surface area contributed by atoms with Crippen LogP contribution in [0.1, 0.15) is 23.6 Å². The highest BCUT2D eigenvalue weighted by molar-refractivity contribution is 6.34. The number of carbonyl (C=O) groups excluding carboxylic acids is 1. The van der Waals surface area contributed by atoms with Gasteiger partial charge in [-0.05, 0) is 54.5 Å². The fourth-order valence-electron chi connectivity index (χ4n) is 3.28. The minimum Gasteiger partial charge on any atom is -0.490 e. The van der Waals surface area contributed by atoms with Crippen LogP contribution in [0.25, 0.3) is 6.08 Å². The molecule has 0 saturated heterocycles. The van der Waals surface area contributed by atoms with Crippen LogP contribution in [-0.2, 0) is 16.1 Å². The van der Waals surface area contributed by atoms with Gasteiger partial charge in [-0.25, -0.2) is 14.2 Å². The zero-order valence-electron chi connectivity index (χ0n) is 18.7. The molecule has 0 unspecified atom stereocenters. The van der Waals surface area contributed by atoms with Crippen molar-refractivity contribution in [2.75, 3.05) is 6.61 Å². The molecule has 1 aliphatic rings. The first-order chi connectivity index (χ1) is 17.2. The third-order valence-corrected chi connectivity index (χ3v) is 5.55. The van der Waals surface area contributed by atoms with E-state index in [1.54, 1.807) is 31.2 Å². The van der Waals surface area contributed by atoms with E-state index in [-0.39, 0.29) is 51.1 Å². The molecule has 0 aromatic heterocycles. The summed E-state index contributed by atoms with van der Waals surface area (Å²) in [6.45, 7) is 2.24. The average Bonchev–Trinajstić information content (AvgIpc) is 3.19. The maximum absolute atomic E-state index is 13.1. The molecule has 0 N–H and O–H groups in total. The second kappa shape index (κ2) is 10.8. The Morgan fingerprint density at radius 1 is 1.08 bits per heavy atom. The molecule has 184 valence electrons. The number of rotatable bonds is 8. The smallest absolute Gasteiger partial charge is 0.363 e. The van der Waals surface area contributed by atoms with E-state index in [1.165, 1.54) is 36.4 Å². The summed E-state index contributed by atoms with van der Waals surface area (Å²) in [6, 6.07) is 12.7. The van der Waals surface area contributed by atoms with Gasteiger partial charge >= 0.3 is 5.97 Å². The summed E-state index contributed by atoms with van der Waals surface area (Å²) in [6.07, 6.45) is 1.43. The summed E-state index contributed by atoms with van der Waals surface area (Å²) in [5, 5.41) is 11.4. The van der Waals surface area contributed by atoms with Crippen LogP contribution in [0.5, 0.6) is 11.5 Å². The summed E-state index contributed by atoms with van der Waals surface area (Å²) in [7, 11) is 0. The maximum Gasteiger partial charge on any atom is 0.363 e. The highest BCUT2D eigenvalue weighted by Gasteiger charge is 2.27. The SMILES string of the molecule is CCOc1cc(/C=C2\N=C(c3cc([N+](=O)[O-])ccc3Cl)OC2=O)cc(Cl)c1OCc1ccc(F)cc1. The van der Waals surface area contributed by atoms with Crippen LogP contribution >= 0.6 is 23.2 Å². The number of non-ortho nitro benzene ring substituents is 1. The number of halogens is 3. The highest BCUT2D eigenvalue weighted by atomic mass is 35.5. The van der Waals surface area contributed by atoms with Gasteiger partial charge < -0.3 is 14.2 Å². The Hall–Kier alpha value is -3.95. The second-order valence-electron chi connectivity index (χ2n) is 7.44. The fraction of sp³-hybridized carbons (Fsp3) is 0.120. The lowest BCUT2D eigenvalue weighted by molar-refractivity contribution is -0.384. The minimum absolute atomic E-state index is 0.0638. The molecule has 0 aliphatic carbocycles. The lowest BCUT2D eigenvalue weighted by atomic mass is 10.1. The van der Waals surface area contributed by atoms with Crippen LogP contribution < -0.4 is 9.47 Å². The molecule has 36 heavy (non-hydrogen) atoms. The molecule has 0 saturated carbocycles. The number of benzene rings is 3. The summed E-state index contributed by atoms with van der Waals surface area (Å²) < 4.78 is 29.8. The lowest BCUT2D eigenvalue weighted by Crippen LogP contribution is -2.06. The van der Waals surface area contributed by atoms with Gasteiger partial charge in [0.25, 0.3) is 5.69 Å². The number of carbonyl (C=O) groups is 1. The Morgan fingerprint density at radius 3 is 2.53 bits per heavy atom. The number of hydrogen-bond acceptors (Lipinski definition) is 7. The van der Waals surface area contributed by atoms with Crippen LogP contribution in [0.3, 0.4) is 0 Å². The average molecular weight is 531 g/mol. The van der Waals surface area contributed by atoms with Gasteiger partial charge in [0, 0.05) is 12.1 Å². The van der Waals surface area contributed by atoms with Crippen molar-refractivity contribution in [1.82, 2.24) is 0 Å². The number of esters is 1. The number of aliphatic imine (C=N–C) groups is 1. The zero-order chi connectivity index (χ0) is 25.8. The summed E-state index contributed by atoms with van der Waals surface area (Å²) in [5.41, 5.74) is 1.03. The molecular formula is C25H17Cl2FN2O6. The van der Waals surface area contributed by atoms with Gasteiger partial charge in [-0.15, -0.1) is 0 Å². The van der Waals surface area contributed by atoms with Gasteiger partial charge in [0.1, 0.15) is 12.4 Å². The molecule has 0 radical (unpaired) electrons. The van der Waals surface area contributed by atoms with E-state index in [4.69, 9.17) is 37.4 Å². The van der Waals surface area contributed by atoms with E-state index in [9.17, 15) is 19.3 Å². The van der Waals surface area contributed by atoms with Crippen molar-refractivity contribution in [3.8, 4) is 11.5 Å². The number of nitro benzene ring substituents is 1. The van der Waals surface area contributed by atoms with E-state index < -0.39 is 10.9 Å². The molecule has 1 aliphatic heterocycles. The predicted molar refractivity (Wildman–Crippen MR) is 132 cm³/mol. The molecule has 0 atom stereocenters. The first-order valence-corrected chi connectivity index (χ1v) is 11.3. The molecular weight excluding hydrogens is 514 g/mol. The lowest BCUT2D eigenvalue weighted by Gasteiger charge is -2.14. The molecule has 3 aromatic rings. The number of ether oxygens (including phenoxy) is 3. The Kier molecular flexibility index (Phi) is 7.52. The first-order valence-electron chi connectivity index (χ1n) is 10.6. The van der Waals surface area contributed by atoms with Gasteiger partial charge in [0.15, 0.2) is 17.2 Å². The van der Waals surface area contributed by atoms with Gasteiger partial charge in [0.05, 0.1) is 27.1 Å². The molecule has 0 spiro atoms. The maximum atomic E-state index is 13.1. The summed E-state index contributed by atoms with van der Waals surface area (Å²) >= 11 is 12.6. The van der Waals surface area contributed by atoms with Crippen LogP contribution in [0.4, 0.5) is 10.1 Å². The Labute approximate surface area is 214 Å². The van der Waals surface area contributed by atoms with E-state index in [1.807, 2.05) is 0 Å². The van der Waals surface area contributed by atoms with Gasteiger partial charge in [-0.3, -0.25) is 10.1 Å². The quantitative estimate of drug-likeness (QED) is 0.145. The number of nitro groups is 1. The Bertz CT molecular complexity index is 1410. The summed E-state index contributed by atoms with van der Waals surface area (Å²) in [5.74, 6) is -0.662. The summed E-state index contributed by atoms with van der Waals surface area (Å²) in [4.78, 5) is 27.1. The van der Waals surface area contributed by atoms with Gasteiger partial charge in [-0.1, -0.05) is 35.3 Å². The molecule has 11 heteroatoms. The topological polar surface area (TPSA) is 100 Å². The molecule has 0 amide bonds. The van der Waals surface area contributed by atoms with Gasteiger partial charge in [0.2, 0.25) is 5.90 Å². The Morgan fingerprint density at radius 2 is 1.83 bits per heavy atom. The van der Waals surface area contributed by atoms with Crippen LogP contribution in [0, 0.1) is 15.9 Å². The molecule has 0 fully saturated rings. The molecule has 3 aromatic carbocycles. The minimum atomic E-state index is -0.765. The van der Waals surface area contributed by atoms with E-state index >= 15 is 0 Å².